The Bertz CT molecular complexity index is 765. The van der Waals surface area contributed by atoms with Gasteiger partial charge in [-0.25, -0.2) is 4.98 Å². The average molecular weight is 322 g/mol. The average Bonchev–Trinajstić information content (AvgIpc) is 2.51. The number of aromatic nitrogens is 1. The number of para-hydroxylation sites is 1. The monoisotopic (exact) mass is 322 g/mol. The lowest BCUT2D eigenvalue weighted by molar-refractivity contribution is -0.193. The third kappa shape index (κ3) is 2.74. The van der Waals surface area contributed by atoms with Gasteiger partial charge in [-0.05, 0) is 35.7 Å². The number of amides is 1. The summed E-state index contributed by atoms with van der Waals surface area (Å²) < 4.78 is 45.7. The van der Waals surface area contributed by atoms with Gasteiger partial charge in [0.15, 0.2) is 5.75 Å². The molecular formula is C16H13F3N2O2. The van der Waals surface area contributed by atoms with E-state index in [1.807, 2.05) is 0 Å². The molecule has 0 saturated heterocycles. The lowest BCUT2D eigenvalue weighted by Crippen LogP contribution is -2.50. The van der Waals surface area contributed by atoms with E-state index in [2.05, 4.69) is 9.72 Å². The second-order valence-electron chi connectivity index (χ2n) is 5.12. The fourth-order valence-corrected chi connectivity index (χ4v) is 2.50. The zero-order valence-electron chi connectivity index (χ0n) is 12.2. The van der Waals surface area contributed by atoms with Crippen molar-refractivity contribution in [2.45, 2.75) is 26.0 Å². The number of ether oxygens (including phenoxy) is 1. The maximum atomic E-state index is 13.9. The van der Waals surface area contributed by atoms with Gasteiger partial charge in [-0.2, -0.15) is 13.2 Å². The normalized spacial score (nSPS) is 16.0. The molecule has 1 aliphatic heterocycles. The van der Waals surface area contributed by atoms with Crippen LogP contribution in [0.15, 0.2) is 36.5 Å². The standard InChI is InChI=1S/C16H13F3N2O2/c1-2-11-4-3-5-12-14(11)23-16(18,19)15(22)21(12)9-10-6-7-20-13(17)8-10/h3-8H,2,9H2,1H3. The molecule has 0 atom stereocenters. The van der Waals surface area contributed by atoms with Gasteiger partial charge in [0.05, 0.1) is 12.2 Å². The second-order valence-corrected chi connectivity index (χ2v) is 5.12. The largest absolute Gasteiger partial charge is 0.483 e. The molecule has 0 bridgehead atoms. The first-order valence-corrected chi connectivity index (χ1v) is 7.03. The summed E-state index contributed by atoms with van der Waals surface area (Å²) >= 11 is 0. The SMILES string of the molecule is CCc1cccc2c1OC(F)(F)C(=O)N2Cc1ccnc(F)c1. The van der Waals surface area contributed by atoms with Crippen LogP contribution >= 0.6 is 0 Å². The van der Waals surface area contributed by atoms with Gasteiger partial charge in [0.25, 0.3) is 0 Å². The molecule has 0 spiro atoms. The minimum Gasteiger partial charge on any atom is -0.423 e. The van der Waals surface area contributed by atoms with E-state index >= 15 is 0 Å². The number of carbonyl (C=O) groups excluding carboxylic acids is 1. The van der Waals surface area contributed by atoms with Gasteiger partial charge in [-0.3, -0.25) is 9.69 Å². The van der Waals surface area contributed by atoms with Crippen molar-refractivity contribution in [3.05, 3.63) is 53.6 Å². The highest BCUT2D eigenvalue weighted by atomic mass is 19.3. The van der Waals surface area contributed by atoms with Crippen molar-refractivity contribution in [2.24, 2.45) is 0 Å². The van der Waals surface area contributed by atoms with Crippen LogP contribution in [0.1, 0.15) is 18.1 Å². The predicted octanol–water partition coefficient (Wildman–Crippen LogP) is 3.30. The van der Waals surface area contributed by atoms with Gasteiger partial charge in [-0.1, -0.05) is 19.1 Å². The number of benzene rings is 1. The van der Waals surface area contributed by atoms with Gasteiger partial charge in [0.2, 0.25) is 5.95 Å². The highest BCUT2D eigenvalue weighted by Gasteiger charge is 2.50. The Morgan fingerprint density at radius 3 is 2.78 bits per heavy atom. The molecule has 120 valence electrons. The van der Waals surface area contributed by atoms with Gasteiger partial charge in [-0.15, -0.1) is 0 Å². The van der Waals surface area contributed by atoms with Crippen molar-refractivity contribution in [1.29, 1.82) is 0 Å². The van der Waals surface area contributed by atoms with E-state index in [1.165, 1.54) is 18.3 Å². The number of pyridine rings is 1. The fourth-order valence-electron chi connectivity index (χ4n) is 2.50. The molecule has 1 amide bonds. The topological polar surface area (TPSA) is 42.4 Å². The third-order valence-corrected chi connectivity index (χ3v) is 3.60. The summed E-state index contributed by atoms with van der Waals surface area (Å²) in [5.41, 5.74) is 1.18. The number of anilines is 1. The van der Waals surface area contributed by atoms with Crippen LogP contribution in [-0.4, -0.2) is 17.0 Å². The van der Waals surface area contributed by atoms with E-state index in [0.717, 1.165) is 11.0 Å². The Balaban J connectivity index is 2.07. The Kier molecular flexibility index (Phi) is 3.71. The minimum atomic E-state index is -3.95. The van der Waals surface area contributed by atoms with Crippen LogP contribution in [0.5, 0.6) is 5.75 Å². The molecule has 0 saturated carbocycles. The number of fused-ring (bicyclic) bond motifs is 1. The molecule has 0 radical (unpaired) electrons. The number of carbonyl (C=O) groups is 1. The Morgan fingerprint density at radius 2 is 2.09 bits per heavy atom. The fraction of sp³-hybridized carbons (Fsp3) is 0.250. The first-order valence-electron chi connectivity index (χ1n) is 7.03. The van der Waals surface area contributed by atoms with Crippen LogP contribution < -0.4 is 9.64 Å². The number of aryl methyl sites for hydroxylation is 1. The molecule has 3 rings (SSSR count). The number of hydrogen-bond acceptors (Lipinski definition) is 3. The van der Waals surface area contributed by atoms with Crippen LogP contribution in [0, 0.1) is 5.95 Å². The number of nitrogens with zero attached hydrogens (tertiary/aromatic N) is 2. The molecule has 0 unspecified atom stereocenters. The highest BCUT2D eigenvalue weighted by Crippen LogP contribution is 2.42. The van der Waals surface area contributed by atoms with Gasteiger partial charge >= 0.3 is 12.0 Å². The third-order valence-electron chi connectivity index (χ3n) is 3.60. The lowest BCUT2D eigenvalue weighted by atomic mass is 10.1. The first-order chi connectivity index (χ1) is 10.9. The lowest BCUT2D eigenvalue weighted by Gasteiger charge is -2.34. The van der Waals surface area contributed by atoms with Gasteiger partial charge < -0.3 is 4.74 Å². The molecule has 0 N–H and O–H groups in total. The Hall–Kier alpha value is -2.57. The van der Waals surface area contributed by atoms with E-state index in [4.69, 9.17) is 0 Å². The van der Waals surface area contributed by atoms with Crippen LogP contribution in [-0.2, 0) is 17.8 Å². The number of halogens is 3. The number of rotatable bonds is 3. The first kappa shape index (κ1) is 15.3. The molecule has 7 heteroatoms. The zero-order valence-corrected chi connectivity index (χ0v) is 12.2. The van der Waals surface area contributed by atoms with E-state index in [-0.39, 0.29) is 18.0 Å². The Morgan fingerprint density at radius 1 is 1.30 bits per heavy atom. The van der Waals surface area contributed by atoms with E-state index in [9.17, 15) is 18.0 Å². The smallest absolute Gasteiger partial charge is 0.423 e. The molecule has 2 aromatic rings. The van der Waals surface area contributed by atoms with Crippen molar-refractivity contribution >= 4 is 11.6 Å². The summed E-state index contributed by atoms with van der Waals surface area (Å²) in [7, 11) is 0. The van der Waals surface area contributed by atoms with Crippen LogP contribution in [0.3, 0.4) is 0 Å². The summed E-state index contributed by atoms with van der Waals surface area (Å²) in [6.45, 7) is 1.60. The minimum absolute atomic E-state index is 0.0193. The maximum Gasteiger partial charge on any atom is 0.483 e. The van der Waals surface area contributed by atoms with Crippen molar-refractivity contribution in [1.82, 2.24) is 4.98 Å². The number of alkyl halides is 2. The Labute approximate surface area is 130 Å². The summed E-state index contributed by atoms with van der Waals surface area (Å²) in [6, 6.07) is 7.42. The molecular weight excluding hydrogens is 309 g/mol. The van der Waals surface area contributed by atoms with Gasteiger partial charge in [0, 0.05) is 6.20 Å². The van der Waals surface area contributed by atoms with E-state index in [1.54, 1.807) is 19.1 Å². The van der Waals surface area contributed by atoms with E-state index in [0.29, 0.717) is 17.5 Å². The van der Waals surface area contributed by atoms with Crippen molar-refractivity contribution in [3.8, 4) is 5.75 Å². The maximum absolute atomic E-state index is 13.9. The molecule has 4 nitrogen and oxygen atoms in total. The molecule has 0 fully saturated rings. The quantitative estimate of drug-likeness (QED) is 0.814. The van der Waals surface area contributed by atoms with Crippen molar-refractivity contribution < 1.29 is 22.7 Å². The zero-order chi connectivity index (χ0) is 16.6. The molecule has 2 heterocycles. The van der Waals surface area contributed by atoms with Crippen LogP contribution in [0.2, 0.25) is 0 Å². The summed E-state index contributed by atoms with van der Waals surface area (Å²) in [5, 5.41) is 0. The van der Waals surface area contributed by atoms with Crippen LogP contribution in [0.4, 0.5) is 18.9 Å². The number of hydrogen-bond donors (Lipinski definition) is 0. The molecule has 1 aromatic carbocycles. The van der Waals surface area contributed by atoms with Crippen LogP contribution in [0.25, 0.3) is 0 Å². The summed E-state index contributed by atoms with van der Waals surface area (Å²) in [5.74, 6) is -2.23. The van der Waals surface area contributed by atoms with E-state index < -0.39 is 18.0 Å². The summed E-state index contributed by atoms with van der Waals surface area (Å²) in [4.78, 5) is 16.4. The predicted molar refractivity (Wildman–Crippen MR) is 76.8 cm³/mol. The molecule has 23 heavy (non-hydrogen) atoms. The molecule has 1 aromatic heterocycles. The highest BCUT2D eigenvalue weighted by molar-refractivity contribution is 6.01. The van der Waals surface area contributed by atoms with Crippen molar-refractivity contribution in [3.63, 3.8) is 0 Å². The van der Waals surface area contributed by atoms with Crippen molar-refractivity contribution in [2.75, 3.05) is 4.90 Å². The summed E-state index contributed by atoms with van der Waals surface area (Å²) in [6.07, 6.45) is -2.26. The van der Waals surface area contributed by atoms with Gasteiger partial charge in [0.1, 0.15) is 0 Å². The second kappa shape index (κ2) is 5.57. The molecule has 1 aliphatic rings. The molecule has 0 aliphatic carbocycles.